The maximum atomic E-state index is 13.1. The molecule has 3 heterocycles. The summed E-state index contributed by atoms with van der Waals surface area (Å²) in [6, 6.07) is 14.8. The van der Waals surface area contributed by atoms with Crippen LogP contribution < -0.4 is 18.9 Å². The highest BCUT2D eigenvalue weighted by molar-refractivity contribution is 6.15. The fourth-order valence-electron chi connectivity index (χ4n) is 3.91. The number of Topliss-reactive ketones (excluding diaryl/α,β-unsaturated/α-hetero) is 1. The number of hydrogen-bond acceptors (Lipinski definition) is 7. The first-order valence-corrected chi connectivity index (χ1v) is 10.2. The molecule has 0 amide bonds. The second-order valence-electron chi connectivity index (χ2n) is 7.55. The molecule has 2 aliphatic rings. The second kappa shape index (κ2) is 8.36. The smallest absolute Gasteiger partial charge is 0.231 e. The Morgan fingerprint density at radius 1 is 1.12 bits per heavy atom. The first kappa shape index (κ1) is 20.1. The largest absolute Gasteiger partial charge is 0.497 e. The van der Waals surface area contributed by atoms with Gasteiger partial charge in [0.05, 0.1) is 31.0 Å². The molecule has 162 valence electrons. The molecule has 3 aromatic rings. The van der Waals surface area contributed by atoms with Gasteiger partial charge in [-0.25, -0.2) is 0 Å². The Hall–Kier alpha value is -3.84. The van der Waals surface area contributed by atoms with E-state index in [9.17, 15) is 4.79 Å². The molecule has 0 N–H and O–H groups in total. The monoisotopic (exact) mass is 430 g/mol. The number of pyridine rings is 1. The van der Waals surface area contributed by atoms with Crippen LogP contribution in [0, 0.1) is 0 Å². The number of ketones is 1. The minimum atomic E-state index is -0.164. The Balaban J connectivity index is 1.44. The van der Waals surface area contributed by atoms with Crippen molar-refractivity contribution in [1.29, 1.82) is 0 Å². The zero-order valence-corrected chi connectivity index (χ0v) is 17.8. The van der Waals surface area contributed by atoms with Crippen LogP contribution >= 0.6 is 0 Å². The van der Waals surface area contributed by atoms with Crippen molar-refractivity contribution in [3.05, 3.63) is 82.9 Å². The highest BCUT2D eigenvalue weighted by Gasteiger charge is 2.33. The van der Waals surface area contributed by atoms with E-state index in [4.69, 9.17) is 18.9 Å². The van der Waals surface area contributed by atoms with Crippen molar-refractivity contribution in [2.24, 2.45) is 0 Å². The Bertz CT molecular complexity index is 1210. The van der Waals surface area contributed by atoms with Gasteiger partial charge in [-0.2, -0.15) is 0 Å². The van der Waals surface area contributed by atoms with Crippen LogP contribution in [0.3, 0.4) is 0 Å². The number of fused-ring (bicyclic) bond motifs is 3. The van der Waals surface area contributed by atoms with Crippen LogP contribution in [0.25, 0.3) is 6.08 Å². The van der Waals surface area contributed by atoms with Crippen molar-refractivity contribution >= 4 is 11.9 Å². The Morgan fingerprint density at radius 2 is 2.03 bits per heavy atom. The summed E-state index contributed by atoms with van der Waals surface area (Å²) in [6.45, 7) is 1.69. The molecule has 1 aromatic heterocycles. The van der Waals surface area contributed by atoms with Crippen molar-refractivity contribution in [2.75, 3.05) is 21.0 Å². The highest BCUT2D eigenvalue weighted by Crippen LogP contribution is 2.42. The molecule has 0 aliphatic carbocycles. The number of nitrogens with zero attached hydrogens (tertiary/aromatic N) is 2. The van der Waals surface area contributed by atoms with Crippen LogP contribution in [-0.2, 0) is 13.1 Å². The Kier molecular flexibility index (Phi) is 5.25. The molecule has 0 atom stereocenters. The number of carbonyl (C=O) groups excluding carboxylic acids is 1. The summed E-state index contributed by atoms with van der Waals surface area (Å²) in [5, 5.41) is 0. The maximum absolute atomic E-state index is 13.1. The molecular weight excluding hydrogens is 408 g/mol. The third-order valence-corrected chi connectivity index (χ3v) is 5.52. The van der Waals surface area contributed by atoms with E-state index in [1.165, 1.54) is 0 Å². The van der Waals surface area contributed by atoms with Gasteiger partial charge in [0, 0.05) is 30.9 Å². The van der Waals surface area contributed by atoms with Crippen LogP contribution in [0.2, 0.25) is 0 Å². The molecule has 7 nitrogen and oxygen atoms in total. The third-order valence-electron chi connectivity index (χ3n) is 5.52. The summed E-state index contributed by atoms with van der Waals surface area (Å²) in [5.74, 6) is 2.64. The van der Waals surface area contributed by atoms with Gasteiger partial charge in [-0.15, -0.1) is 0 Å². The SMILES string of the molecule is COc1ccc(C=C2Oc3c(ccc4c3CN(Cc3ccccn3)CO4)C2=O)c(OC)c1. The Morgan fingerprint density at radius 3 is 2.81 bits per heavy atom. The normalized spacial score (nSPS) is 16.2. The van der Waals surface area contributed by atoms with Gasteiger partial charge in [0.15, 0.2) is 5.76 Å². The van der Waals surface area contributed by atoms with E-state index >= 15 is 0 Å². The van der Waals surface area contributed by atoms with Crippen LogP contribution in [-0.4, -0.2) is 36.6 Å². The third kappa shape index (κ3) is 3.67. The van der Waals surface area contributed by atoms with Gasteiger partial charge in [-0.1, -0.05) is 6.07 Å². The number of rotatable bonds is 5. The number of ether oxygens (including phenoxy) is 4. The maximum Gasteiger partial charge on any atom is 0.231 e. The number of methoxy groups -OCH3 is 2. The minimum absolute atomic E-state index is 0.164. The summed E-state index contributed by atoms with van der Waals surface area (Å²) < 4.78 is 22.7. The summed E-state index contributed by atoms with van der Waals surface area (Å²) in [7, 11) is 3.17. The van der Waals surface area contributed by atoms with Crippen molar-refractivity contribution < 1.29 is 23.7 Å². The molecule has 7 heteroatoms. The van der Waals surface area contributed by atoms with Crippen molar-refractivity contribution in [1.82, 2.24) is 9.88 Å². The molecule has 0 saturated carbocycles. The highest BCUT2D eigenvalue weighted by atomic mass is 16.5. The number of benzene rings is 2. The van der Waals surface area contributed by atoms with E-state index in [2.05, 4.69) is 9.88 Å². The molecule has 0 saturated heterocycles. The lowest BCUT2D eigenvalue weighted by Gasteiger charge is -2.29. The van der Waals surface area contributed by atoms with Crippen molar-refractivity contribution in [3.8, 4) is 23.0 Å². The quantitative estimate of drug-likeness (QED) is 0.565. The second-order valence-corrected chi connectivity index (χ2v) is 7.55. The van der Waals surface area contributed by atoms with Gasteiger partial charge in [0.1, 0.15) is 29.7 Å². The fraction of sp³-hybridized carbons (Fsp3) is 0.200. The van der Waals surface area contributed by atoms with E-state index in [0.29, 0.717) is 42.6 Å². The van der Waals surface area contributed by atoms with Crippen LogP contribution in [0.4, 0.5) is 0 Å². The predicted octanol–water partition coefficient (Wildman–Crippen LogP) is 4.07. The molecule has 0 bridgehead atoms. The molecule has 5 rings (SSSR count). The van der Waals surface area contributed by atoms with Crippen molar-refractivity contribution in [2.45, 2.75) is 13.1 Å². The van der Waals surface area contributed by atoms with E-state index in [1.54, 1.807) is 38.6 Å². The lowest BCUT2D eigenvalue weighted by Crippen LogP contribution is -2.32. The first-order valence-electron chi connectivity index (χ1n) is 10.2. The van der Waals surface area contributed by atoms with E-state index in [1.807, 2.05) is 36.4 Å². The molecule has 0 fully saturated rings. The van der Waals surface area contributed by atoms with Crippen LogP contribution in [0.5, 0.6) is 23.0 Å². The lowest BCUT2D eigenvalue weighted by molar-refractivity contribution is 0.0861. The van der Waals surface area contributed by atoms with Gasteiger partial charge in [-0.05, 0) is 42.5 Å². The molecule has 0 spiro atoms. The molecule has 32 heavy (non-hydrogen) atoms. The summed E-state index contributed by atoms with van der Waals surface area (Å²) in [5.41, 5.74) is 3.08. The number of aromatic nitrogens is 1. The first-order chi connectivity index (χ1) is 15.7. The molecule has 2 aromatic carbocycles. The fourth-order valence-corrected chi connectivity index (χ4v) is 3.91. The van der Waals surface area contributed by atoms with Gasteiger partial charge in [-0.3, -0.25) is 14.7 Å². The minimum Gasteiger partial charge on any atom is -0.497 e. The average Bonchev–Trinajstić information content (AvgIpc) is 3.15. The molecule has 0 unspecified atom stereocenters. The van der Waals surface area contributed by atoms with Gasteiger partial charge < -0.3 is 18.9 Å². The number of carbonyl (C=O) groups is 1. The van der Waals surface area contributed by atoms with E-state index in [-0.39, 0.29) is 11.5 Å². The Labute approximate surface area is 185 Å². The van der Waals surface area contributed by atoms with E-state index < -0.39 is 0 Å². The number of hydrogen-bond donors (Lipinski definition) is 0. The lowest BCUT2D eigenvalue weighted by atomic mass is 10.0. The summed E-state index contributed by atoms with van der Waals surface area (Å²) in [4.78, 5) is 19.6. The van der Waals surface area contributed by atoms with Gasteiger partial charge >= 0.3 is 0 Å². The molecule has 0 radical (unpaired) electrons. The average molecular weight is 430 g/mol. The van der Waals surface area contributed by atoms with Gasteiger partial charge in [0.2, 0.25) is 5.78 Å². The summed E-state index contributed by atoms with van der Waals surface area (Å²) >= 11 is 0. The zero-order chi connectivity index (χ0) is 22.1. The number of allylic oxidation sites excluding steroid dienone is 1. The summed E-state index contributed by atoms with van der Waals surface area (Å²) in [6.07, 6.45) is 3.47. The predicted molar refractivity (Wildman–Crippen MR) is 118 cm³/mol. The topological polar surface area (TPSA) is 70.1 Å². The molecule has 2 aliphatic heterocycles. The van der Waals surface area contributed by atoms with Crippen molar-refractivity contribution in [3.63, 3.8) is 0 Å². The zero-order valence-electron chi connectivity index (χ0n) is 17.8. The standard InChI is InChI=1S/C25H22N2O5/c1-29-18-7-6-16(22(12-18)30-2)11-23-24(28)19-8-9-21-20(25(19)32-23)14-27(15-31-21)13-17-5-3-4-10-26-17/h3-12H,13-15H2,1-2H3. The van der Waals surface area contributed by atoms with Crippen LogP contribution in [0.1, 0.15) is 27.2 Å². The van der Waals surface area contributed by atoms with Crippen LogP contribution in [0.15, 0.2) is 60.5 Å². The van der Waals surface area contributed by atoms with E-state index in [0.717, 1.165) is 22.6 Å². The molecular formula is C25H22N2O5. The van der Waals surface area contributed by atoms with Gasteiger partial charge in [0.25, 0.3) is 0 Å².